The molecular formula is C12H12BrN3O2. The van der Waals surface area contributed by atoms with Crippen LogP contribution in [0.2, 0.25) is 0 Å². The van der Waals surface area contributed by atoms with Crippen molar-refractivity contribution in [3.63, 3.8) is 0 Å². The first kappa shape index (κ1) is 12.8. The van der Waals surface area contributed by atoms with E-state index in [1.807, 2.05) is 13.0 Å². The molecule has 0 bridgehead atoms. The second-order valence-corrected chi connectivity index (χ2v) is 4.73. The van der Waals surface area contributed by atoms with E-state index in [0.29, 0.717) is 12.1 Å². The van der Waals surface area contributed by atoms with Gasteiger partial charge in [0.2, 0.25) is 0 Å². The normalized spacial score (nSPS) is 10.3. The summed E-state index contributed by atoms with van der Waals surface area (Å²) in [5.74, 6) is -0.334. The number of esters is 1. The molecule has 2 aromatic rings. The third-order valence-electron chi connectivity index (χ3n) is 2.30. The third-order valence-corrected chi connectivity index (χ3v) is 2.76. The molecule has 0 aliphatic carbocycles. The Balaban J connectivity index is 1.91. The van der Waals surface area contributed by atoms with Crippen LogP contribution in [0.25, 0.3) is 0 Å². The minimum atomic E-state index is -0.334. The Morgan fingerprint density at radius 1 is 1.44 bits per heavy atom. The second kappa shape index (κ2) is 5.77. The molecule has 5 nitrogen and oxygen atoms in total. The quantitative estimate of drug-likeness (QED) is 0.813. The topological polar surface area (TPSA) is 57.0 Å². The number of aromatic nitrogens is 3. The van der Waals surface area contributed by atoms with Gasteiger partial charge in [-0.15, -0.1) is 0 Å². The number of hydrogen-bond donors (Lipinski definition) is 0. The molecule has 0 aliphatic heterocycles. The average molecular weight is 310 g/mol. The van der Waals surface area contributed by atoms with Crippen molar-refractivity contribution in [2.45, 2.75) is 13.5 Å². The lowest BCUT2D eigenvalue weighted by molar-refractivity contribution is 0.0487. The number of carbonyl (C=O) groups is 1. The Bertz CT molecular complexity index is 520. The van der Waals surface area contributed by atoms with Gasteiger partial charge < -0.3 is 4.74 Å². The Kier molecular flexibility index (Phi) is 4.09. The molecule has 0 saturated heterocycles. The molecular weight excluding hydrogens is 298 g/mol. The van der Waals surface area contributed by atoms with Crippen molar-refractivity contribution in [2.24, 2.45) is 0 Å². The van der Waals surface area contributed by atoms with E-state index in [2.05, 4.69) is 26.0 Å². The van der Waals surface area contributed by atoms with Gasteiger partial charge in [0.1, 0.15) is 19.3 Å². The van der Waals surface area contributed by atoms with E-state index < -0.39 is 0 Å². The number of aryl methyl sites for hydroxylation is 1. The Morgan fingerprint density at radius 3 is 2.94 bits per heavy atom. The van der Waals surface area contributed by atoms with Gasteiger partial charge in [-0.05, 0) is 30.7 Å². The number of rotatable bonds is 4. The molecule has 0 saturated carbocycles. The zero-order chi connectivity index (χ0) is 13.0. The molecule has 18 heavy (non-hydrogen) atoms. The number of nitrogens with zero attached hydrogens (tertiary/aromatic N) is 3. The fourth-order valence-corrected chi connectivity index (χ4v) is 2.13. The van der Waals surface area contributed by atoms with Gasteiger partial charge in [0.05, 0.1) is 12.1 Å². The third kappa shape index (κ3) is 3.40. The molecule has 0 amide bonds. The molecule has 2 rings (SSSR count). The van der Waals surface area contributed by atoms with Crippen molar-refractivity contribution < 1.29 is 9.53 Å². The van der Waals surface area contributed by atoms with Gasteiger partial charge in [0.25, 0.3) is 0 Å². The average Bonchev–Trinajstić information content (AvgIpc) is 2.80. The predicted molar refractivity (Wildman–Crippen MR) is 69.2 cm³/mol. The summed E-state index contributed by atoms with van der Waals surface area (Å²) in [5.41, 5.74) is 1.55. The van der Waals surface area contributed by atoms with Gasteiger partial charge >= 0.3 is 5.97 Å². The van der Waals surface area contributed by atoms with Crippen molar-refractivity contribution in [2.75, 3.05) is 6.61 Å². The highest BCUT2D eigenvalue weighted by Gasteiger charge is 2.08. The van der Waals surface area contributed by atoms with Crippen LogP contribution in [0.5, 0.6) is 0 Å². The fraction of sp³-hybridized carbons (Fsp3) is 0.250. The van der Waals surface area contributed by atoms with Crippen LogP contribution in [0.1, 0.15) is 15.9 Å². The predicted octanol–water partition coefficient (Wildman–Crippen LogP) is 2.21. The van der Waals surface area contributed by atoms with E-state index >= 15 is 0 Å². The minimum Gasteiger partial charge on any atom is -0.460 e. The second-order valence-electron chi connectivity index (χ2n) is 3.81. The molecule has 0 radical (unpaired) electrons. The fourth-order valence-electron chi connectivity index (χ4n) is 1.52. The maximum atomic E-state index is 11.8. The smallest absolute Gasteiger partial charge is 0.338 e. The molecule has 0 atom stereocenters. The summed E-state index contributed by atoms with van der Waals surface area (Å²) in [7, 11) is 0. The summed E-state index contributed by atoms with van der Waals surface area (Å²) in [5, 5.41) is 3.92. The van der Waals surface area contributed by atoms with Crippen molar-refractivity contribution in [1.29, 1.82) is 0 Å². The van der Waals surface area contributed by atoms with E-state index in [-0.39, 0.29) is 12.6 Å². The van der Waals surface area contributed by atoms with Crippen molar-refractivity contribution in [3.05, 3.63) is 46.5 Å². The van der Waals surface area contributed by atoms with Crippen LogP contribution in [0.4, 0.5) is 0 Å². The number of hydrogen-bond acceptors (Lipinski definition) is 4. The SMILES string of the molecule is Cc1cc(Br)cc(C(=O)OCCn2cncn2)c1. The van der Waals surface area contributed by atoms with E-state index in [9.17, 15) is 4.79 Å². The zero-order valence-electron chi connectivity index (χ0n) is 9.84. The molecule has 0 aliphatic rings. The van der Waals surface area contributed by atoms with Crippen molar-refractivity contribution in [3.8, 4) is 0 Å². The van der Waals surface area contributed by atoms with Gasteiger partial charge in [-0.1, -0.05) is 15.9 Å². The van der Waals surface area contributed by atoms with Gasteiger partial charge in [-0.3, -0.25) is 0 Å². The van der Waals surface area contributed by atoms with Crippen LogP contribution >= 0.6 is 15.9 Å². The Hall–Kier alpha value is -1.69. The van der Waals surface area contributed by atoms with E-state index in [1.54, 1.807) is 23.1 Å². The van der Waals surface area contributed by atoms with Crippen LogP contribution < -0.4 is 0 Å². The van der Waals surface area contributed by atoms with Crippen molar-refractivity contribution >= 4 is 21.9 Å². The van der Waals surface area contributed by atoms with E-state index in [4.69, 9.17) is 4.74 Å². The molecule has 0 fully saturated rings. The molecule has 6 heteroatoms. The molecule has 0 N–H and O–H groups in total. The standard InChI is InChI=1S/C12H12BrN3O2/c1-9-4-10(6-11(13)5-9)12(17)18-3-2-16-8-14-7-15-16/h4-8H,2-3H2,1H3. The molecule has 94 valence electrons. The van der Waals surface area contributed by atoms with Gasteiger partial charge in [-0.2, -0.15) is 5.10 Å². The minimum absolute atomic E-state index is 0.272. The first-order valence-corrected chi connectivity index (χ1v) is 6.21. The molecule has 0 spiro atoms. The molecule has 1 aromatic heterocycles. The van der Waals surface area contributed by atoms with Crippen LogP contribution in [0.3, 0.4) is 0 Å². The first-order valence-electron chi connectivity index (χ1n) is 5.42. The zero-order valence-corrected chi connectivity index (χ0v) is 11.4. The summed E-state index contributed by atoms with van der Waals surface area (Å²) in [6.07, 6.45) is 3.02. The van der Waals surface area contributed by atoms with E-state index in [0.717, 1.165) is 10.0 Å². The number of carbonyl (C=O) groups excluding carboxylic acids is 1. The summed E-state index contributed by atoms with van der Waals surface area (Å²) >= 11 is 3.35. The van der Waals surface area contributed by atoms with Gasteiger partial charge in [-0.25, -0.2) is 14.5 Å². The van der Waals surface area contributed by atoms with E-state index in [1.165, 1.54) is 6.33 Å². The lowest BCUT2D eigenvalue weighted by Crippen LogP contribution is -2.12. The highest BCUT2D eigenvalue weighted by molar-refractivity contribution is 9.10. The lowest BCUT2D eigenvalue weighted by Gasteiger charge is -2.06. The van der Waals surface area contributed by atoms with Crippen LogP contribution in [-0.4, -0.2) is 27.3 Å². The summed E-state index contributed by atoms with van der Waals surface area (Å²) in [4.78, 5) is 15.6. The highest BCUT2D eigenvalue weighted by Crippen LogP contribution is 2.16. The maximum Gasteiger partial charge on any atom is 0.338 e. The van der Waals surface area contributed by atoms with Gasteiger partial charge in [0, 0.05) is 4.47 Å². The monoisotopic (exact) mass is 309 g/mol. The number of halogens is 1. The van der Waals surface area contributed by atoms with Gasteiger partial charge in [0.15, 0.2) is 0 Å². The molecule has 0 unspecified atom stereocenters. The number of benzene rings is 1. The number of ether oxygens (including phenoxy) is 1. The Labute approximate surface area is 113 Å². The highest BCUT2D eigenvalue weighted by atomic mass is 79.9. The van der Waals surface area contributed by atoms with Crippen LogP contribution in [0.15, 0.2) is 35.3 Å². The summed E-state index contributed by atoms with van der Waals surface area (Å²) < 4.78 is 7.64. The lowest BCUT2D eigenvalue weighted by atomic mass is 10.1. The van der Waals surface area contributed by atoms with Crippen LogP contribution in [0, 0.1) is 6.92 Å². The Morgan fingerprint density at radius 2 is 2.28 bits per heavy atom. The molecule has 1 heterocycles. The van der Waals surface area contributed by atoms with Crippen LogP contribution in [-0.2, 0) is 11.3 Å². The first-order chi connectivity index (χ1) is 8.65. The largest absolute Gasteiger partial charge is 0.460 e. The molecule has 1 aromatic carbocycles. The summed E-state index contributed by atoms with van der Waals surface area (Å²) in [6, 6.07) is 5.47. The summed E-state index contributed by atoms with van der Waals surface area (Å²) in [6.45, 7) is 2.70. The maximum absolute atomic E-state index is 11.8. The van der Waals surface area contributed by atoms with Crippen molar-refractivity contribution in [1.82, 2.24) is 14.8 Å².